The van der Waals surface area contributed by atoms with Crippen LogP contribution in [0.2, 0.25) is 0 Å². The Morgan fingerprint density at radius 2 is 0.627 bits per heavy atom. The molecule has 0 heterocycles. The molecule has 0 amide bonds. The van der Waals surface area contributed by atoms with Gasteiger partial charge in [0.1, 0.15) is 0 Å². The Bertz CT molecular complexity index is 1650. The van der Waals surface area contributed by atoms with Crippen molar-refractivity contribution in [3.63, 3.8) is 0 Å². The number of hydrogen-bond donors (Lipinski definition) is 0. The van der Waals surface area contributed by atoms with Crippen LogP contribution in [0.5, 0.6) is 0 Å². The minimum atomic E-state index is -8.92. The molecule has 0 saturated carbocycles. The summed E-state index contributed by atoms with van der Waals surface area (Å²) in [6, 6.07) is 26.8. The van der Waals surface area contributed by atoms with Gasteiger partial charge in [-0.25, -0.2) is 8.42 Å². The number of benzene rings is 3. The second kappa shape index (κ2) is 13.9. The third-order valence-electron chi connectivity index (χ3n) is 6.78. The van der Waals surface area contributed by atoms with E-state index in [4.69, 9.17) is 0 Å². The van der Waals surface area contributed by atoms with E-state index in [9.17, 15) is 87.6 Å². The van der Waals surface area contributed by atoms with Crippen LogP contribution in [0.15, 0.2) is 87.5 Å². The van der Waals surface area contributed by atoms with E-state index in [0.717, 1.165) is 0 Å². The first-order valence-corrected chi connectivity index (χ1v) is 15.9. The van der Waals surface area contributed by atoms with Gasteiger partial charge in [0.25, 0.3) is 0 Å². The highest BCUT2D eigenvalue weighted by atomic mass is 32.2. The molecule has 0 radical (unpaired) electrons. The predicted molar refractivity (Wildman–Crippen MR) is 146 cm³/mol. The van der Waals surface area contributed by atoms with Crippen LogP contribution in [0.1, 0.15) is 16.7 Å². The average molecular weight is 805 g/mol. The fourth-order valence-electron chi connectivity index (χ4n) is 3.74. The first kappa shape index (κ1) is 43.9. The third-order valence-corrected chi connectivity index (χ3v) is 9.89. The summed E-state index contributed by atoms with van der Waals surface area (Å²) in [7, 11) is -8.18. The Hall–Kier alpha value is -3.27. The Kier molecular flexibility index (Phi) is 12.0. The molecule has 0 spiro atoms. The lowest BCUT2D eigenvalue weighted by Gasteiger charge is -2.42. The van der Waals surface area contributed by atoms with Crippen LogP contribution in [0.25, 0.3) is 0 Å². The van der Waals surface area contributed by atoms with Gasteiger partial charge in [-0.1, -0.05) is 53.1 Å². The van der Waals surface area contributed by atoms with Crippen LogP contribution in [0.4, 0.5) is 74.6 Å². The van der Waals surface area contributed by atoms with Gasteiger partial charge in [0.05, 0.1) is 10.9 Å². The van der Waals surface area contributed by atoms with Gasteiger partial charge in [0.2, 0.25) is 0 Å². The number of halogens is 17. The Labute approximate surface area is 280 Å². The minimum absolute atomic E-state index is 0.0394. The molecule has 0 aliphatic heterocycles. The van der Waals surface area contributed by atoms with Crippen molar-refractivity contribution in [2.75, 3.05) is 0 Å². The summed E-state index contributed by atoms with van der Waals surface area (Å²) >= 11 is 0. The summed E-state index contributed by atoms with van der Waals surface area (Å²) < 4.78 is 244. The average Bonchev–Trinajstić information content (AvgIpc) is 2.98. The molecular formula is C29H21F17O3S2. The van der Waals surface area contributed by atoms with Gasteiger partial charge in [-0.15, -0.1) is 0 Å². The largest absolute Gasteiger partial charge is 0.743 e. The number of rotatable bonds is 10. The van der Waals surface area contributed by atoms with Crippen molar-refractivity contribution < 1.29 is 87.6 Å². The predicted octanol–water partition coefficient (Wildman–Crippen LogP) is 10.2. The molecule has 0 N–H and O–H groups in total. The van der Waals surface area contributed by atoms with Gasteiger partial charge in [0, 0.05) is 0 Å². The van der Waals surface area contributed by atoms with E-state index in [1.165, 1.54) is 31.4 Å². The molecule has 0 fully saturated rings. The third kappa shape index (κ3) is 7.63. The maximum Gasteiger partial charge on any atom is 0.460 e. The van der Waals surface area contributed by atoms with E-state index in [1.807, 2.05) is 0 Å². The summed E-state index contributed by atoms with van der Waals surface area (Å²) in [5.74, 6) is -52.1. The van der Waals surface area contributed by atoms with E-state index >= 15 is 0 Å². The fraction of sp³-hybridized carbons (Fsp3) is 0.379. The van der Waals surface area contributed by atoms with Crippen LogP contribution in [0.3, 0.4) is 0 Å². The summed E-state index contributed by atoms with van der Waals surface area (Å²) in [5, 5.41) is -7.95. The van der Waals surface area contributed by atoms with Gasteiger partial charge in [-0.2, -0.15) is 74.6 Å². The molecule has 3 nitrogen and oxygen atoms in total. The van der Waals surface area contributed by atoms with Crippen LogP contribution < -0.4 is 0 Å². The molecule has 0 unspecified atom stereocenters. The smallest absolute Gasteiger partial charge is 0.460 e. The first-order chi connectivity index (χ1) is 22.6. The molecule has 0 bridgehead atoms. The topological polar surface area (TPSA) is 57.2 Å². The molecule has 286 valence electrons. The van der Waals surface area contributed by atoms with Gasteiger partial charge in [0.15, 0.2) is 24.8 Å². The Morgan fingerprint density at radius 3 is 0.843 bits per heavy atom. The van der Waals surface area contributed by atoms with E-state index < -0.39 is 57.1 Å². The zero-order valence-electron chi connectivity index (χ0n) is 25.4. The van der Waals surface area contributed by atoms with E-state index in [2.05, 4.69) is 93.6 Å². The Morgan fingerprint density at radius 1 is 0.412 bits per heavy atom. The zero-order chi connectivity index (χ0) is 40.0. The van der Waals surface area contributed by atoms with Crippen LogP contribution in [-0.4, -0.2) is 59.9 Å². The first-order valence-electron chi connectivity index (χ1n) is 13.2. The van der Waals surface area contributed by atoms with E-state index in [-0.39, 0.29) is 10.9 Å². The van der Waals surface area contributed by atoms with Crippen molar-refractivity contribution in [3.8, 4) is 0 Å². The SMILES string of the molecule is Cc1ccc([S+](c2ccc(C)cc2)c2ccc(C)cc2)cc1.O=S(=O)([O-])C(F)(F)C(F)(F)C(F)(F)C(F)(F)C(F)(F)C(F)(F)C(F)(F)C(F)(F)F. The molecule has 3 aromatic carbocycles. The highest BCUT2D eigenvalue weighted by molar-refractivity contribution is 7.97. The van der Waals surface area contributed by atoms with Crippen molar-refractivity contribution in [1.82, 2.24) is 0 Å². The molecule has 51 heavy (non-hydrogen) atoms. The highest BCUT2D eigenvalue weighted by Gasteiger charge is 2.95. The molecule has 0 atom stereocenters. The second-order valence-electron chi connectivity index (χ2n) is 10.7. The quantitative estimate of drug-likeness (QED) is 0.117. The lowest BCUT2D eigenvalue weighted by Crippen LogP contribution is -2.75. The molecule has 0 saturated heterocycles. The maximum atomic E-state index is 13.0. The van der Waals surface area contributed by atoms with Crippen molar-refractivity contribution in [3.05, 3.63) is 89.5 Å². The van der Waals surface area contributed by atoms with Crippen LogP contribution in [-0.2, 0) is 21.0 Å². The van der Waals surface area contributed by atoms with Gasteiger partial charge < -0.3 is 4.55 Å². The fourth-order valence-corrected chi connectivity index (χ4v) is 6.22. The second-order valence-corrected chi connectivity index (χ2v) is 14.1. The molecular weight excluding hydrogens is 783 g/mol. The lowest BCUT2D eigenvalue weighted by molar-refractivity contribution is -0.458. The van der Waals surface area contributed by atoms with Crippen LogP contribution >= 0.6 is 0 Å². The van der Waals surface area contributed by atoms with Crippen molar-refractivity contribution >= 4 is 21.0 Å². The highest BCUT2D eigenvalue weighted by Crippen LogP contribution is 2.64. The van der Waals surface area contributed by atoms with Crippen LogP contribution in [0, 0.1) is 20.8 Å². The number of hydrogen-bond acceptors (Lipinski definition) is 3. The van der Waals surface area contributed by atoms with Gasteiger partial charge in [-0.05, 0) is 57.2 Å². The van der Waals surface area contributed by atoms with Crippen molar-refractivity contribution in [2.24, 2.45) is 0 Å². The van der Waals surface area contributed by atoms with E-state index in [0.29, 0.717) is 0 Å². The molecule has 0 aliphatic rings. The summed E-state index contributed by atoms with van der Waals surface area (Å²) in [6.45, 7) is 6.42. The maximum absolute atomic E-state index is 13.0. The monoisotopic (exact) mass is 804 g/mol. The normalized spacial score (nSPS) is 14.3. The van der Waals surface area contributed by atoms with Gasteiger partial charge >= 0.3 is 47.0 Å². The molecule has 0 aromatic heterocycles. The molecule has 3 rings (SSSR count). The standard InChI is InChI=1S/C21H21S.C8HF17O3S/c1-16-4-10-19(11-5-16)22(20-12-6-17(2)7-13-20)21-14-8-18(3)9-15-21;9-1(10,3(13,14)5(17,18)7(21,22)23)2(11,12)4(15,16)6(19,20)8(24,25)29(26,27)28/h4-15H,1-3H3;(H,26,27,28)/q+1;/p-1. The zero-order valence-corrected chi connectivity index (χ0v) is 27.0. The summed E-state index contributed by atoms with van der Waals surface area (Å²) in [5.41, 5.74) is 3.92. The summed E-state index contributed by atoms with van der Waals surface area (Å²) in [4.78, 5) is 4.12. The minimum Gasteiger partial charge on any atom is -0.743 e. The van der Waals surface area contributed by atoms with E-state index in [1.54, 1.807) is 0 Å². The molecule has 3 aromatic rings. The van der Waals surface area contributed by atoms with Crippen molar-refractivity contribution in [1.29, 1.82) is 0 Å². The Balaban J connectivity index is 0.000000364. The summed E-state index contributed by atoms with van der Waals surface area (Å²) in [6.07, 6.45) is -7.89. The number of alkyl halides is 17. The van der Waals surface area contributed by atoms with Crippen molar-refractivity contribution in [2.45, 2.75) is 82.4 Å². The molecule has 0 aliphatic carbocycles. The lowest BCUT2D eigenvalue weighted by atomic mass is 9.91. The number of aryl methyl sites for hydroxylation is 3. The molecule has 22 heteroatoms. The van der Waals surface area contributed by atoms with Gasteiger partial charge in [-0.3, -0.25) is 0 Å².